The first-order chi connectivity index (χ1) is 13.4. The molecule has 1 atom stereocenters. The maximum atomic E-state index is 14.1. The summed E-state index contributed by atoms with van der Waals surface area (Å²) in [5, 5.41) is 2.27. The number of likely N-dealkylation sites (tertiary alicyclic amines) is 1. The Balaban J connectivity index is 1.55. The second-order valence-electron chi connectivity index (χ2n) is 7.25. The third kappa shape index (κ3) is 4.26. The van der Waals surface area contributed by atoms with Crippen LogP contribution in [0.15, 0.2) is 12.1 Å². The van der Waals surface area contributed by atoms with Crippen molar-refractivity contribution in [1.29, 1.82) is 0 Å². The number of amides is 3. The molecule has 1 aromatic rings. The van der Waals surface area contributed by atoms with E-state index in [1.54, 1.807) is 17.0 Å². The summed E-state index contributed by atoms with van der Waals surface area (Å²) in [6.07, 6.45) is 2.33. The minimum Gasteiger partial charge on any atom is -0.494 e. The fraction of sp³-hybridized carbons (Fsp3) is 0.550. The third-order valence-corrected chi connectivity index (χ3v) is 5.56. The number of methoxy groups -OCH3 is 2. The van der Waals surface area contributed by atoms with Crippen molar-refractivity contribution >= 4 is 17.7 Å². The van der Waals surface area contributed by atoms with Crippen LogP contribution in [0.2, 0.25) is 0 Å². The lowest BCUT2D eigenvalue weighted by molar-refractivity contribution is -0.132. The van der Waals surface area contributed by atoms with E-state index in [1.165, 1.54) is 14.2 Å². The van der Waals surface area contributed by atoms with Crippen molar-refractivity contribution in [1.82, 2.24) is 10.2 Å². The first-order valence-electron chi connectivity index (χ1n) is 9.45. The highest BCUT2D eigenvalue weighted by Gasteiger charge is 2.32. The number of carbonyl (C=O) groups excluding carboxylic acids is 3. The second-order valence-corrected chi connectivity index (χ2v) is 7.25. The fourth-order valence-electron chi connectivity index (χ4n) is 3.88. The summed E-state index contributed by atoms with van der Waals surface area (Å²) in [6, 6.07) is 3.38. The Morgan fingerprint density at radius 3 is 2.29 bits per heavy atom. The minimum absolute atomic E-state index is 0.000124. The van der Waals surface area contributed by atoms with Crippen LogP contribution < -0.4 is 14.8 Å². The third-order valence-electron chi connectivity index (χ3n) is 5.56. The van der Waals surface area contributed by atoms with Crippen LogP contribution in [0.5, 0.6) is 11.5 Å². The molecule has 2 fully saturated rings. The van der Waals surface area contributed by atoms with Crippen molar-refractivity contribution in [2.24, 2.45) is 5.92 Å². The van der Waals surface area contributed by atoms with E-state index in [-0.39, 0.29) is 48.0 Å². The molecule has 8 heteroatoms. The highest BCUT2D eigenvalue weighted by Crippen LogP contribution is 2.36. The van der Waals surface area contributed by atoms with E-state index in [4.69, 9.17) is 9.47 Å². The number of benzene rings is 1. The molecule has 1 N–H and O–H groups in total. The van der Waals surface area contributed by atoms with E-state index >= 15 is 0 Å². The van der Waals surface area contributed by atoms with E-state index < -0.39 is 11.7 Å². The Morgan fingerprint density at radius 1 is 1.18 bits per heavy atom. The highest BCUT2D eigenvalue weighted by molar-refractivity contribution is 6.03. The zero-order valence-electron chi connectivity index (χ0n) is 16.1. The van der Waals surface area contributed by atoms with Gasteiger partial charge >= 0.3 is 0 Å². The van der Waals surface area contributed by atoms with Gasteiger partial charge in [0.25, 0.3) is 0 Å². The molecule has 0 aromatic heterocycles. The zero-order valence-corrected chi connectivity index (χ0v) is 16.1. The Morgan fingerprint density at radius 2 is 1.79 bits per heavy atom. The predicted octanol–water partition coefficient (Wildman–Crippen LogP) is 1.99. The van der Waals surface area contributed by atoms with Crippen LogP contribution in [0.4, 0.5) is 4.39 Å². The molecular weight excluding hydrogens is 367 g/mol. The molecule has 2 heterocycles. The number of rotatable bonds is 6. The van der Waals surface area contributed by atoms with E-state index in [0.717, 1.165) is 18.4 Å². The molecule has 152 valence electrons. The van der Waals surface area contributed by atoms with Crippen molar-refractivity contribution in [2.75, 3.05) is 27.3 Å². The van der Waals surface area contributed by atoms with Crippen LogP contribution >= 0.6 is 0 Å². The molecular formula is C20H25FN2O5. The zero-order chi connectivity index (χ0) is 20.3. The van der Waals surface area contributed by atoms with Gasteiger partial charge in [-0.3, -0.25) is 19.7 Å². The first kappa shape index (κ1) is 20.1. The molecule has 0 saturated carbocycles. The molecule has 1 aromatic carbocycles. The summed E-state index contributed by atoms with van der Waals surface area (Å²) in [5.41, 5.74) is 0.934. The monoisotopic (exact) mass is 392 g/mol. The lowest BCUT2D eigenvalue weighted by atomic mass is 9.88. The quantitative estimate of drug-likeness (QED) is 0.749. The summed E-state index contributed by atoms with van der Waals surface area (Å²) in [7, 11) is 2.84. The Kier molecular flexibility index (Phi) is 6.16. The second kappa shape index (κ2) is 8.58. The normalized spacial score (nSPS) is 20.2. The van der Waals surface area contributed by atoms with Crippen molar-refractivity contribution in [3.8, 4) is 11.5 Å². The number of nitrogens with one attached hydrogen (secondary N) is 1. The summed E-state index contributed by atoms with van der Waals surface area (Å²) in [5.74, 6) is -0.979. The fourth-order valence-corrected chi connectivity index (χ4v) is 3.88. The number of imide groups is 1. The molecule has 7 nitrogen and oxygen atoms in total. The van der Waals surface area contributed by atoms with Gasteiger partial charge in [0.05, 0.1) is 14.2 Å². The van der Waals surface area contributed by atoms with Crippen LogP contribution in [0.3, 0.4) is 0 Å². The number of ether oxygens (including phenoxy) is 2. The topological polar surface area (TPSA) is 84.9 Å². The van der Waals surface area contributed by atoms with E-state index in [1.807, 2.05) is 0 Å². The van der Waals surface area contributed by atoms with Gasteiger partial charge in [0.2, 0.25) is 23.5 Å². The Labute approximate surface area is 163 Å². The number of hydrogen-bond acceptors (Lipinski definition) is 5. The summed E-state index contributed by atoms with van der Waals surface area (Å²) < 4.78 is 24.3. The SMILES string of the molecule is COc1cc(C2CCN(C(=O)CC[C@H]3CC(=O)NC3=O)CC2)cc(OC)c1F. The number of hydrogen-bond donors (Lipinski definition) is 1. The van der Waals surface area contributed by atoms with E-state index in [0.29, 0.717) is 19.5 Å². The molecule has 0 unspecified atom stereocenters. The van der Waals surface area contributed by atoms with Gasteiger partial charge in [0, 0.05) is 31.8 Å². The lowest BCUT2D eigenvalue weighted by Gasteiger charge is -2.32. The summed E-state index contributed by atoms with van der Waals surface area (Å²) >= 11 is 0. The summed E-state index contributed by atoms with van der Waals surface area (Å²) in [6.45, 7) is 1.20. The molecule has 0 spiro atoms. The molecule has 0 radical (unpaired) electrons. The number of carbonyl (C=O) groups is 3. The molecule has 28 heavy (non-hydrogen) atoms. The van der Waals surface area contributed by atoms with Gasteiger partial charge in [0.1, 0.15) is 0 Å². The van der Waals surface area contributed by atoms with Crippen LogP contribution in [0, 0.1) is 11.7 Å². The molecule has 0 bridgehead atoms. The highest BCUT2D eigenvalue weighted by atomic mass is 19.1. The van der Waals surface area contributed by atoms with Crippen molar-refractivity contribution < 1.29 is 28.2 Å². The van der Waals surface area contributed by atoms with Crippen molar-refractivity contribution in [3.63, 3.8) is 0 Å². The van der Waals surface area contributed by atoms with E-state index in [2.05, 4.69) is 5.32 Å². The van der Waals surface area contributed by atoms with Crippen molar-refractivity contribution in [2.45, 2.75) is 38.0 Å². The average molecular weight is 392 g/mol. The lowest BCUT2D eigenvalue weighted by Crippen LogP contribution is -2.38. The van der Waals surface area contributed by atoms with Crippen LogP contribution in [-0.4, -0.2) is 49.9 Å². The molecule has 3 amide bonds. The maximum absolute atomic E-state index is 14.1. The van der Waals surface area contributed by atoms with Crippen molar-refractivity contribution in [3.05, 3.63) is 23.5 Å². The molecule has 0 aliphatic carbocycles. The minimum atomic E-state index is -0.518. The van der Waals surface area contributed by atoms with Gasteiger partial charge in [-0.1, -0.05) is 0 Å². The van der Waals surface area contributed by atoms with Gasteiger partial charge in [0.15, 0.2) is 11.5 Å². The molecule has 2 aliphatic rings. The largest absolute Gasteiger partial charge is 0.494 e. The Hall–Kier alpha value is -2.64. The molecule has 2 aliphatic heterocycles. The van der Waals surface area contributed by atoms with Crippen LogP contribution in [-0.2, 0) is 14.4 Å². The summed E-state index contributed by atoms with van der Waals surface area (Å²) in [4.78, 5) is 37.1. The Bertz CT molecular complexity index is 749. The smallest absolute Gasteiger partial charge is 0.230 e. The first-order valence-corrected chi connectivity index (χ1v) is 9.45. The van der Waals surface area contributed by atoms with Gasteiger partial charge in [-0.15, -0.1) is 0 Å². The van der Waals surface area contributed by atoms with Gasteiger partial charge in [-0.2, -0.15) is 4.39 Å². The number of piperidine rings is 1. The van der Waals surface area contributed by atoms with Gasteiger partial charge in [-0.05, 0) is 42.9 Å². The number of nitrogens with zero attached hydrogens (tertiary/aromatic N) is 1. The number of halogens is 1. The van der Waals surface area contributed by atoms with E-state index in [9.17, 15) is 18.8 Å². The predicted molar refractivity (Wildman–Crippen MR) is 98.5 cm³/mol. The van der Waals surface area contributed by atoms with Gasteiger partial charge < -0.3 is 14.4 Å². The molecule has 3 rings (SSSR count). The molecule has 2 saturated heterocycles. The standard InChI is InChI=1S/C20H25FN2O5/c1-27-15-9-14(10-16(28-2)19(15)21)12-5-7-23(8-6-12)18(25)4-3-13-11-17(24)22-20(13)26/h9-10,12-13H,3-8,11H2,1-2H3,(H,22,24,26)/t13-/m0/s1. The van der Waals surface area contributed by atoms with Crippen LogP contribution in [0.25, 0.3) is 0 Å². The van der Waals surface area contributed by atoms with Gasteiger partial charge in [-0.25, -0.2) is 0 Å². The van der Waals surface area contributed by atoms with Crippen LogP contribution in [0.1, 0.15) is 43.6 Å². The average Bonchev–Trinajstić information content (AvgIpc) is 3.03. The maximum Gasteiger partial charge on any atom is 0.230 e.